The second kappa shape index (κ2) is 10.9. The van der Waals surface area contributed by atoms with Gasteiger partial charge in [0.05, 0.1) is 17.1 Å². The third kappa shape index (κ3) is 6.16. The lowest BCUT2D eigenvalue weighted by molar-refractivity contribution is -0.121. The molecule has 0 aliphatic rings. The van der Waals surface area contributed by atoms with Crippen LogP contribution in [-0.2, 0) is 14.8 Å². The monoisotopic (exact) mass is 510 g/mol. The first kappa shape index (κ1) is 24.8. The molecule has 0 saturated carbocycles. The van der Waals surface area contributed by atoms with E-state index in [4.69, 9.17) is 27.9 Å². The summed E-state index contributed by atoms with van der Waals surface area (Å²) in [6.07, 6.45) is 0. The van der Waals surface area contributed by atoms with Gasteiger partial charge in [-0.25, -0.2) is 12.8 Å². The molecule has 10 heteroatoms. The Bertz CT molecular complexity index is 1210. The zero-order chi connectivity index (χ0) is 24.0. The molecule has 0 spiro atoms. The van der Waals surface area contributed by atoms with Crippen molar-refractivity contribution < 1.29 is 22.3 Å². The number of hydrogen-bond donors (Lipinski definition) is 1. The van der Waals surface area contributed by atoms with Gasteiger partial charge in [-0.3, -0.25) is 9.10 Å². The Labute approximate surface area is 201 Å². The maximum Gasteiger partial charge on any atom is 0.265 e. The van der Waals surface area contributed by atoms with Gasteiger partial charge in [0.25, 0.3) is 10.0 Å². The van der Waals surface area contributed by atoms with E-state index in [1.54, 1.807) is 12.1 Å². The minimum absolute atomic E-state index is 0.116. The summed E-state index contributed by atoms with van der Waals surface area (Å²) in [6, 6.07) is 16.6. The standard InChI is InChI=1S/C23H21Cl2FN2O4S/c1-16(23(29)27-13-14-32-19-5-3-2-4-6-19)28(22-15-18(25)9-12-21(22)26)33(30,31)20-10-7-17(24)8-11-20/h2-12,15-16H,13-14H2,1H3,(H,27,29)/t16-/m1/s1. The van der Waals surface area contributed by atoms with E-state index in [9.17, 15) is 17.6 Å². The Morgan fingerprint density at radius 3 is 2.33 bits per heavy atom. The predicted octanol–water partition coefficient (Wildman–Crippen LogP) is 4.91. The highest BCUT2D eigenvalue weighted by atomic mass is 35.5. The second-order valence-electron chi connectivity index (χ2n) is 6.98. The van der Waals surface area contributed by atoms with Gasteiger partial charge in [0.2, 0.25) is 5.91 Å². The molecule has 3 aromatic carbocycles. The average molecular weight is 511 g/mol. The van der Waals surface area contributed by atoms with Crippen molar-refractivity contribution in [1.29, 1.82) is 0 Å². The first-order valence-electron chi connectivity index (χ1n) is 9.91. The number of amides is 1. The average Bonchev–Trinajstić information content (AvgIpc) is 2.79. The van der Waals surface area contributed by atoms with E-state index in [1.807, 2.05) is 18.2 Å². The number of benzene rings is 3. The van der Waals surface area contributed by atoms with Gasteiger partial charge in [-0.1, -0.05) is 41.4 Å². The molecule has 0 saturated heterocycles. The quantitative estimate of drug-likeness (QED) is 0.415. The van der Waals surface area contributed by atoms with Gasteiger partial charge < -0.3 is 10.1 Å². The van der Waals surface area contributed by atoms with Crippen LogP contribution in [0.2, 0.25) is 10.0 Å². The number of ether oxygens (including phenoxy) is 1. The molecule has 3 aromatic rings. The number of nitrogens with zero attached hydrogens (tertiary/aromatic N) is 1. The Hall–Kier alpha value is -2.81. The molecular weight excluding hydrogens is 490 g/mol. The van der Waals surface area contributed by atoms with Crippen molar-refractivity contribution >= 4 is 44.8 Å². The van der Waals surface area contributed by atoms with Crippen LogP contribution in [0, 0.1) is 5.82 Å². The van der Waals surface area contributed by atoms with Crippen LogP contribution >= 0.6 is 23.2 Å². The van der Waals surface area contributed by atoms with Gasteiger partial charge in [-0.05, 0) is 61.5 Å². The highest BCUT2D eigenvalue weighted by Crippen LogP contribution is 2.31. The fraction of sp³-hybridized carbons (Fsp3) is 0.174. The fourth-order valence-corrected chi connectivity index (χ4v) is 4.95. The summed E-state index contributed by atoms with van der Waals surface area (Å²) in [7, 11) is -4.34. The molecule has 0 heterocycles. The summed E-state index contributed by atoms with van der Waals surface area (Å²) >= 11 is 11.9. The van der Waals surface area contributed by atoms with Crippen LogP contribution in [0.25, 0.3) is 0 Å². The molecule has 1 atom stereocenters. The normalized spacial score (nSPS) is 12.1. The Morgan fingerprint density at radius 1 is 1.03 bits per heavy atom. The molecular formula is C23H21Cl2FN2O4S. The number of nitrogens with one attached hydrogen (secondary N) is 1. The highest BCUT2D eigenvalue weighted by molar-refractivity contribution is 7.93. The molecule has 0 aliphatic heterocycles. The Kier molecular flexibility index (Phi) is 8.18. The van der Waals surface area contributed by atoms with Gasteiger partial charge >= 0.3 is 0 Å². The number of anilines is 1. The predicted molar refractivity (Wildman–Crippen MR) is 127 cm³/mol. The van der Waals surface area contributed by atoms with Gasteiger partial charge in [-0.15, -0.1) is 0 Å². The molecule has 0 radical (unpaired) electrons. The Balaban J connectivity index is 1.84. The van der Waals surface area contributed by atoms with Crippen LogP contribution in [-0.4, -0.2) is 33.5 Å². The molecule has 3 rings (SSSR count). The van der Waals surface area contributed by atoms with Gasteiger partial charge in [-0.2, -0.15) is 0 Å². The third-order valence-corrected chi connectivity index (χ3v) is 7.05. The third-order valence-electron chi connectivity index (χ3n) is 4.66. The van der Waals surface area contributed by atoms with Crippen LogP contribution in [0.3, 0.4) is 0 Å². The van der Waals surface area contributed by atoms with Crippen LogP contribution < -0.4 is 14.4 Å². The lowest BCUT2D eigenvalue weighted by atomic mass is 10.2. The highest BCUT2D eigenvalue weighted by Gasteiger charge is 2.35. The first-order valence-corrected chi connectivity index (χ1v) is 12.1. The maximum atomic E-state index is 14.7. The van der Waals surface area contributed by atoms with Crippen LogP contribution in [0.5, 0.6) is 5.75 Å². The number of carbonyl (C=O) groups is 1. The number of carbonyl (C=O) groups excluding carboxylic acids is 1. The number of halogens is 3. The zero-order valence-corrected chi connectivity index (χ0v) is 19.9. The zero-order valence-electron chi connectivity index (χ0n) is 17.5. The molecule has 0 unspecified atom stereocenters. The minimum atomic E-state index is -4.34. The van der Waals surface area contributed by atoms with E-state index < -0.39 is 27.8 Å². The molecule has 174 valence electrons. The maximum absolute atomic E-state index is 14.7. The van der Waals surface area contributed by atoms with E-state index in [-0.39, 0.29) is 28.8 Å². The van der Waals surface area contributed by atoms with Crippen molar-refractivity contribution in [2.75, 3.05) is 17.5 Å². The second-order valence-corrected chi connectivity index (χ2v) is 9.67. The fourth-order valence-electron chi connectivity index (χ4n) is 3.04. The van der Waals surface area contributed by atoms with Crippen molar-refractivity contribution in [1.82, 2.24) is 5.32 Å². The van der Waals surface area contributed by atoms with Crippen molar-refractivity contribution in [3.8, 4) is 5.75 Å². The SMILES string of the molecule is C[C@H](C(=O)NCCOc1ccccc1)N(c1cc(Cl)ccc1F)S(=O)(=O)c1ccc(Cl)cc1. The summed E-state index contributed by atoms with van der Waals surface area (Å²) in [5, 5.41) is 3.07. The number of hydrogen-bond acceptors (Lipinski definition) is 4. The van der Waals surface area contributed by atoms with Gasteiger partial charge in [0.15, 0.2) is 0 Å². The smallest absolute Gasteiger partial charge is 0.265 e. The van der Waals surface area contributed by atoms with E-state index in [2.05, 4.69) is 5.32 Å². The number of para-hydroxylation sites is 1. The van der Waals surface area contributed by atoms with E-state index >= 15 is 0 Å². The van der Waals surface area contributed by atoms with Gasteiger partial charge in [0, 0.05) is 10.0 Å². The molecule has 33 heavy (non-hydrogen) atoms. The summed E-state index contributed by atoms with van der Waals surface area (Å²) in [6.45, 7) is 1.64. The van der Waals surface area contributed by atoms with E-state index in [1.165, 1.54) is 37.3 Å². The molecule has 6 nitrogen and oxygen atoms in total. The van der Waals surface area contributed by atoms with Crippen molar-refractivity contribution in [3.63, 3.8) is 0 Å². The number of rotatable bonds is 9. The van der Waals surface area contributed by atoms with E-state index in [0.29, 0.717) is 15.1 Å². The summed E-state index contributed by atoms with van der Waals surface area (Å²) in [5.74, 6) is -0.847. The first-order chi connectivity index (χ1) is 15.7. The van der Waals surface area contributed by atoms with Crippen LogP contribution in [0.1, 0.15) is 6.92 Å². The minimum Gasteiger partial charge on any atom is -0.492 e. The van der Waals surface area contributed by atoms with Crippen LogP contribution in [0.15, 0.2) is 77.7 Å². The summed E-state index contributed by atoms with van der Waals surface area (Å²) in [5.41, 5.74) is -0.347. The summed E-state index contributed by atoms with van der Waals surface area (Å²) in [4.78, 5) is 12.7. The molecule has 1 amide bonds. The van der Waals surface area contributed by atoms with Gasteiger partial charge in [0.1, 0.15) is 24.2 Å². The number of sulfonamides is 1. The molecule has 1 N–H and O–H groups in total. The molecule has 0 aliphatic carbocycles. The van der Waals surface area contributed by atoms with E-state index in [0.717, 1.165) is 12.1 Å². The van der Waals surface area contributed by atoms with Crippen molar-refractivity contribution in [2.45, 2.75) is 17.9 Å². The largest absolute Gasteiger partial charge is 0.492 e. The Morgan fingerprint density at radius 2 is 1.67 bits per heavy atom. The molecule has 0 fully saturated rings. The van der Waals surface area contributed by atoms with Crippen molar-refractivity contribution in [3.05, 3.63) is 88.7 Å². The molecule has 0 aromatic heterocycles. The lowest BCUT2D eigenvalue weighted by Crippen LogP contribution is -2.49. The topological polar surface area (TPSA) is 75.7 Å². The lowest BCUT2D eigenvalue weighted by Gasteiger charge is -2.30. The van der Waals surface area contributed by atoms with Crippen molar-refractivity contribution in [2.24, 2.45) is 0 Å². The summed E-state index contributed by atoms with van der Waals surface area (Å²) < 4.78 is 47.8. The van der Waals surface area contributed by atoms with Crippen LogP contribution in [0.4, 0.5) is 10.1 Å². The molecule has 0 bridgehead atoms.